The summed E-state index contributed by atoms with van der Waals surface area (Å²) in [4.78, 5) is 0. The summed E-state index contributed by atoms with van der Waals surface area (Å²) in [6, 6.07) is 5.87. The van der Waals surface area contributed by atoms with Gasteiger partial charge in [-0.2, -0.15) is 0 Å². The zero-order valence-electron chi connectivity index (χ0n) is 8.17. The molecule has 0 amide bonds. The molecule has 0 aliphatic heterocycles. The van der Waals surface area contributed by atoms with E-state index in [2.05, 4.69) is 10.2 Å². The molecule has 0 bridgehead atoms. The second-order valence-corrected chi connectivity index (χ2v) is 2.94. The molecule has 0 atom stereocenters. The van der Waals surface area contributed by atoms with E-state index in [0.29, 0.717) is 6.54 Å². The largest absolute Gasteiger partial charge is 0.330 e. The molecule has 2 rings (SSSR count). The van der Waals surface area contributed by atoms with Crippen molar-refractivity contribution in [1.29, 1.82) is 0 Å². The summed E-state index contributed by atoms with van der Waals surface area (Å²) in [5.74, 6) is 0.987. The molecule has 0 aliphatic carbocycles. The highest BCUT2D eigenvalue weighted by Gasteiger charge is 2.02. The van der Waals surface area contributed by atoms with E-state index < -0.39 is 0 Å². The maximum absolute atomic E-state index is 5.43. The van der Waals surface area contributed by atoms with Gasteiger partial charge in [-0.3, -0.25) is 4.40 Å². The van der Waals surface area contributed by atoms with E-state index in [-0.39, 0.29) is 24.8 Å². The fourth-order valence-electron chi connectivity index (χ4n) is 1.32. The van der Waals surface area contributed by atoms with Crippen LogP contribution in [0.4, 0.5) is 0 Å². The zero-order valence-corrected chi connectivity index (χ0v) is 9.80. The van der Waals surface area contributed by atoms with Crippen LogP contribution in [0.1, 0.15) is 12.2 Å². The topological polar surface area (TPSA) is 56.2 Å². The molecule has 0 saturated carbocycles. The third-order valence-electron chi connectivity index (χ3n) is 1.99. The van der Waals surface area contributed by atoms with Crippen molar-refractivity contribution in [2.24, 2.45) is 5.73 Å². The summed E-state index contributed by atoms with van der Waals surface area (Å²) in [6.07, 6.45) is 3.82. The minimum atomic E-state index is 0. The standard InChI is InChI=1S/C9H12N4.2ClH/c10-6-3-5-9-12-11-8-4-1-2-7-13(8)9;;/h1-2,4,7H,3,5-6,10H2;2*1H. The van der Waals surface area contributed by atoms with Gasteiger partial charge in [0.1, 0.15) is 5.82 Å². The van der Waals surface area contributed by atoms with Gasteiger partial charge >= 0.3 is 0 Å². The van der Waals surface area contributed by atoms with Crippen molar-refractivity contribution in [2.45, 2.75) is 12.8 Å². The molecule has 2 aromatic heterocycles. The first-order valence-corrected chi connectivity index (χ1v) is 4.40. The number of nitrogens with two attached hydrogens (primary N) is 1. The highest BCUT2D eigenvalue weighted by molar-refractivity contribution is 5.85. The van der Waals surface area contributed by atoms with Crippen molar-refractivity contribution in [3.8, 4) is 0 Å². The normalized spacial score (nSPS) is 9.40. The molecule has 15 heavy (non-hydrogen) atoms. The van der Waals surface area contributed by atoms with E-state index in [9.17, 15) is 0 Å². The number of aryl methyl sites for hydroxylation is 1. The molecule has 2 aromatic rings. The molecular weight excluding hydrogens is 235 g/mol. The van der Waals surface area contributed by atoms with Gasteiger partial charge in [0.15, 0.2) is 5.65 Å². The molecule has 84 valence electrons. The van der Waals surface area contributed by atoms with Crippen molar-refractivity contribution >= 4 is 30.5 Å². The average molecular weight is 249 g/mol. The summed E-state index contributed by atoms with van der Waals surface area (Å²) in [5, 5.41) is 8.13. The second kappa shape index (κ2) is 6.61. The Morgan fingerprint density at radius 3 is 2.73 bits per heavy atom. The van der Waals surface area contributed by atoms with Crippen LogP contribution in [0, 0.1) is 0 Å². The lowest BCUT2D eigenvalue weighted by Gasteiger charge is -1.96. The van der Waals surface area contributed by atoms with Gasteiger partial charge in [0, 0.05) is 12.6 Å². The van der Waals surface area contributed by atoms with Crippen LogP contribution in [-0.2, 0) is 6.42 Å². The number of fused-ring (bicyclic) bond motifs is 1. The molecule has 0 fully saturated rings. The molecule has 2 heterocycles. The molecule has 4 nitrogen and oxygen atoms in total. The Bertz CT molecular complexity index is 402. The summed E-state index contributed by atoms with van der Waals surface area (Å²) in [6.45, 7) is 0.696. The highest BCUT2D eigenvalue weighted by atomic mass is 35.5. The smallest absolute Gasteiger partial charge is 0.160 e. The molecule has 0 unspecified atom stereocenters. The number of halogens is 2. The molecule has 0 aliphatic rings. The van der Waals surface area contributed by atoms with Gasteiger partial charge in [-0.15, -0.1) is 35.0 Å². The number of hydrogen-bond donors (Lipinski definition) is 1. The van der Waals surface area contributed by atoms with E-state index in [1.54, 1.807) is 0 Å². The summed E-state index contributed by atoms with van der Waals surface area (Å²) < 4.78 is 2.00. The number of nitrogens with zero attached hydrogens (tertiary/aromatic N) is 3. The Labute approximate surface area is 101 Å². The number of pyridine rings is 1. The van der Waals surface area contributed by atoms with Crippen LogP contribution in [0.2, 0.25) is 0 Å². The second-order valence-electron chi connectivity index (χ2n) is 2.94. The zero-order chi connectivity index (χ0) is 9.10. The van der Waals surface area contributed by atoms with Crippen LogP contribution in [-0.4, -0.2) is 21.1 Å². The Hall–Kier alpha value is -0.840. The van der Waals surface area contributed by atoms with Gasteiger partial charge in [0.05, 0.1) is 0 Å². The van der Waals surface area contributed by atoms with Gasteiger partial charge in [-0.05, 0) is 25.1 Å². The van der Waals surface area contributed by atoms with Crippen LogP contribution in [0.25, 0.3) is 5.65 Å². The van der Waals surface area contributed by atoms with Crippen molar-refractivity contribution < 1.29 is 0 Å². The van der Waals surface area contributed by atoms with Crippen molar-refractivity contribution in [2.75, 3.05) is 6.54 Å². The van der Waals surface area contributed by atoms with Crippen molar-refractivity contribution in [3.05, 3.63) is 30.2 Å². The third-order valence-corrected chi connectivity index (χ3v) is 1.99. The predicted octanol–water partition coefficient (Wildman–Crippen LogP) is 1.46. The highest BCUT2D eigenvalue weighted by Crippen LogP contribution is 2.04. The Kier molecular flexibility index (Phi) is 6.24. The molecule has 0 saturated heterocycles. The Morgan fingerprint density at radius 2 is 2.00 bits per heavy atom. The van der Waals surface area contributed by atoms with E-state index in [1.807, 2.05) is 28.8 Å². The Morgan fingerprint density at radius 1 is 1.20 bits per heavy atom. The number of hydrogen-bond acceptors (Lipinski definition) is 3. The van der Waals surface area contributed by atoms with Crippen LogP contribution in [0.3, 0.4) is 0 Å². The first kappa shape index (κ1) is 14.2. The minimum Gasteiger partial charge on any atom is -0.330 e. The molecular formula is C9H14Cl2N4. The summed E-state index contributed by atoms with van der Waals surface area (Å²) >= 11 is 0. The first-order valence-electron chi connectivity index (χ1n) is 4.40. The van der Waals surface area contributed by atoms with Crippen LogP contribution in [0.15, 0.2) is 24.4 Å². The lowest BCUT2D eigenvalue weighted by Crippen LogP contribution is -2.02. The molecule has 6 heteroatoms. The maximum Gasteiger partial charge on any atom is 0.160 e. The van der Waals surface area contributed by atoms with E-state index >= 15 is 0 Å². The van der Waals surface area contributed by atoms with Crippen molar-refractivity contribution in [3.63, 3.8) is 0 Å². The lowest BCUT2D eigenvalue weighted by molar-refractivity contribution is 0.770. The lowest BCUT2D eigenvalue weighted by atomic mass is 10.3. The first-order chi connectivity index (χ1) is 6.42. The quantitative estimate of drug-likeness (QED) is 0.895. The maximum atomic E-state index is 5.43. The predicted molar refractivity (Wildman–Crippen MR) is 64.9 cm³/mol. The molecule has 0 aromatic carbocycles. The van der Waals surface area contributed by atoms with Crippen LogP contribution in [0.5, 0.6) is 0 Å². The minimum absolute atomic E-state index is 0. The van der Waals surface area contributed by atoms with Gasteiger partial charge < -0.3 is 5.73 Å². The van der Waals surface area contributed by atoms with E-state index in [0.717, 1.165) is 24.3 Å². The van der Waals surface area contributed by atoms with Gasteiger partial charge in [-0.25, -0.2) is 0 Å². The van der Waals surface area contributed by atoms with Gasteiger partial charge in [-0.1, -0.05) is 6.07 Å². The Balaban J connectivity index is 0.000000980. The number of aromatic nitrogens is 3. The number of rotatable bonds is 3. The fourth-order valence-corrected chi connectivity index (χ4v) is 1.32. The summed E-state index contributed by atoms with van der Waals surface area (Å²) in [7, 11) is 0. The summed E-state index contributed by atoms with van der Waals surface area (Å²) in [5.41, 5.74) is 6.33. The van der Waals surface area contributed by atoms with Crippen LogP contribution < -0.4 is 5.73 Å². The fraction of sp³-hybridized carbons (Fsp3) is 0.333. The van der Waals surface area contributed by atoms with Gasteiger partial charge in [0.2, 0.25) is 0 Å². The molecule has 0 radical (unpaired) electrons. The molecule has 0 spiro atoms. The third kappa shape index (κ3) is 3.06. The van der Waals surface area contributed by atoms with Gasteiger partial charge in [0.25, 0.3) is 0 Å². The molecule has 2 N–H and O–H groups in total. The average Bonchev–Trinajstić information content (AvgIpc) is 2.58. The van der Waals surface area contributed by atoms with E-state index in [4.69, 9.17) is 5.73 Å². The monoisotopic (exact) mass is 248 g/mol. The van der Waals surface area contributed by atoms with E-state index in [1.165, 1.54) is 0 Å². The SMILES string of the molecule is Cl.Cl.NCCCc1nnc2ccccn12. The van der Waals surface area contributed by atoms with Crippen molar-refractivity contribution in [1.82, 2.24) is 14.6 Å². The van der Waals surface area contributed by atoms with Crippen LogP contribution >= 0.6 is 24.8 Å².